The zero-order valence-corrected chi connectivity index (χ0v) is 9.41. The molecule has 0 saturated carbocycles. The van der Waals surface area contributed by atoms with E-state index in [0.29, 0.717) is 0 Å². The lowest BCUT2D eigenvalue weighted by Gasteiger charge is -2.11. The number of nitrogens with two attached hydrogens (primary N) is 2. The molecule has 0 aliphatic heterocycles. The van der Waals surface area contributed by atoms with Crippen molar-refractivity contribution in [2.45, 2.75) is 13.0 Å². The van der Waals surface area contributed by atoms with Crippen molar-refractivity contribution in [1.82, 2.24) is 15.3 Å². The van der Waals surface area contributed by atoms with Crippen LogP contribution in [0, 0.1) is 0 Å². The summed E-state index contributed by atoms with van der Waals surface area (Å²) in [6, 6.07) is -1.04. The second-order valence-electron chi connectivity index (χ2n) is 3.19. The molecule has 0 radical (unpaired) electrons. The molecule has 9 nitrogen and oxygen atoms in total. The molecule has 0 aromatic carbocycles. The third-order valence-electron chi connectivity index (χ3n) is 1.82. The fourth-order valence-corrected chi connectivity index (χ4v) is 0.999. The van der Waals surface area contributed by atoms with Crippen LogP contribution in [0.1, 0.15) is 17.4 Å². The number of primary amides is 1. The molecule has 1 aromatic rings. The molecule has 1 atom stereocenters. The average Bonchev–Trinajstić information content (AvgIpc) is 2.28. The Morgan fingerprint density at radius 2 is 1.94 bits per heavy atom. The molecule has 18 heavy (non-hydrogen) atoms. The maximum Gasteiger partial charge on any atom is 0.361 e. The van der Waals surface area contributed by atoms with Crippen LogP contribution in [-0.4, -0.2) is 34.0 Å². The first kappa shape index (κ1) is 13.4. The Morgan fingerprint density at radius 3 is 2.50 bits per heavy atom. The van der Waals surface area contributed by atoms with Gasteiger partial charge in [0.25, 0.3) is 5.91 Å². The minimum absolute atomic E-state index is 0.120. The molecule has 1 heterocycles. The highest BCUT2D eigenvalue weighted by Crippen LogP contribution is 2.06. The van der Waals surface area contributed by atoms with Gasteiger partial charge in [-0.3, -0.25) is 10.1 Å². The number of nitrogens with zero attached hydrogens (tertiary/aromatic N) is 2. The van der Waals surface area contributed by atoms with E-state index in [1.807, 2.05) is 0 Å². The molecule has 0 spiro atoms. The van der Waals surface area contributed by atoms with E-state index in [1.54, 1.807) is 5.32 Å². The summed E-state index contributed by atoms with van der Waals surface area (Å²) in [7, 11) is 0. The molecule has 0 fully saturated rings. The van der Waals surface area contributed by atoms with Crippen molar-refractivity contribution >= 4 is 23.7 Å². The molecule has 0 aliphatic carbocycles. The van der Waals surface area contributed by atoms with Gasteiger partial charge in [-0.15, -0.1) is 0 Å². The molecule has 9 heteroatoms. The summed E-state index contributed by atoms with van der Waals surface area (Å²) in [4.78, 5) is 40.6. The quantitative estimate of drug-likeness (QED) is 0.572. The molecular formula is C9H11N5O4. The van der Waals surface area contributed by atoms with E-state index < -0.39 is 24.0 Å². The average molecular weight is 253 g/mol. The Balaban J connectivity index is 2.68. The van der Waals surface area contributed by atoms with E-state index in [1.165, 1.54) is 19.3 Å². The van der Waals surface area contributed by atoms with Crippen LogP contribution < -0.4 is 16.8 Å². The standard InChI is InChI=1S/C9H11N5O4/c1-4(7(15)14-9(11)17)18-8(16)5-6(10)13-3-2-12-5/h2-4H,1H3,(H2,10,13)(H3,11,14,15,17)/t4-/m1/s1. The van der Waals surface area contributed by atoms with Crippen molar-refractivity contribution < 1.29 is 19.1 Å². The first-order valence-electron chi connectivity index (χ1n) is 4.79. The first-order chi connectivity index (χ1) is 8.41. The minimum Gasteiger partial charge on any atom is -0.448 e. The highest BCUT2D eigenvalue weighted by atomic mass is 16.5. The predicted octanol–water partition coefficient (Wildman–Crippen LogP) is -1.20. The largest absolute Gasteiger partial charge is 0.448 e. The van der Waals surface area contributed by atoms with Crippen molar-refractivity contribution in [3.05, 3.63) is 18.1 Å². The van der Waals surface area contributed by atoms with E-state index in [-0.39, 0.29) is 11.5 Å². The minimum atomic E-state index is -1.22. The van der Waals surface area contributed by atoms with Crippen molar-refractivity contribution in [1.29, 1.82) is 0 Å². The summed E-state index contributed by atoms with van der Waals surface area (Å²) in [6.07, 6.45) is 1.34. The molecular weight excluding hydrogens is 242 g/mol. The smallest absolute Gasteiger partial charge is 0.361 e. The number of amides is 3. The lowest BCUT2D eigenvalue weighted by atomic mass is 10.3. The maximum atomic E-state index is 11.6. The normalized spacial score (nSPS) is 11.4. The molecule has 5 N–H and O–H groups in total. The summed E-state index contributed by atoms with van der Waals surface area (Å²) < 4.78 is 4.74. The third kappa shape index (κ3) is 3.40. The Morgan fingerprint density at radius 1 is 1.33 bits per heavy atom. The van der Waals surface area contributed by atoms with Gasteiger partial charge in [0.1, 0.15) is 0 Å². The van der Waals surface area contributed by atoms with Gasteiger partial charge in [0, 0.05) is 12.4 Å². The predicted molar refractivity (Wildman–Crippen MR) is 59.0 cm³/mol. The Labute approximate surface area is 102 Å². The van der Waals surface area contributed by atoms with E-state index in [2.05, 4.69) is 9.97 Å². The number of hydrogen-bond donors (Lipinski definition) is 3. The Bertz CT molecular complexity index is 490. The number of esters is 1. The molecule has 0 aliphatic rings. The second kappa shape index (κ2) is 5.57. The number of rotatable bonds is 3. The number of carbonyl (C=O) groups excluding carboxylic acids is 3. The number of aromatic nitrogens is 2. The number of urea groups is 1. The lowest BCUT2D eigenvalue weighted by Crippen LogP contribution is -2.42. The van der Waals surface area contributed by atoms with Gasteiger partial charge in [0.2, 0.25) is 0 Å². The van der Waals surface area contributed by atoms with Gasteiger partial charge >= 0.3 is 12.0 Å². The van der Waals surface area contributed by atoms with Crippen molar-refractivity contribution in [2.24, 2.45) is 5.73 Å². The van der Waals surface area contributed by atoms with Gasteiger partial charge in [-0.25, -0.2) is 19.6 Å². The summed E-state index contributed by atoms with van der Waals surface area (Å²) in [5, 5.41) is 1.77. The van der Waals surface area contributed by atoms with Crippen LogP contribution in [0.25, 0.3) is 0 Å². The maximum absolute atomic E-state index is 11.6. The summed E-state index contributed by atoms with van der Waals surface area (Å²) >= 11 is 0. The Kier molecular flexibility index (Phi) is 4.13. The summed E-state index contributed by atoms with van der Waals surface area (Å²) in [6.45, 7) is 1.27. The number of anilines is 1. The van der Waals surface area contributed by atoms with Gasteiger partial charge < -0.3 is 16.2 Å². The van der Waals surface area contributed by atoms with Gasteiger partial charge in [-0.1, -0.05) is 0 Å². The van der Waals surface area contributed by atoms with Gasteiger partial charge in [0.15, 0.2) is 17.6 Å². The number of ether oxygens (including phenoxy) is 1. The van der Waals surface area contributed by atoms with Crippen LogP contribution in [0.15, 0.2) is 12.4 Å². The van der Waals surface area contributed by atoms with Gasteiger partial charge in [-0.2, -0.15) is 0 Å². The van der Waals surface area contributed by atoms with Gasteiger partial charge in [-0.05, 0) is 6.92 Å². The van der Waals surface area contributed by atoms with Crippen LogP contribution >= 0.6 is 0 Å². The monoisotopic (exact) mass is 253 g/mol. The Hall–Kier alpha value is -2.71. The molecule has 0 saturated heterocycles. The fourth-order valence-electron chi connectivity index (χ4n) is 0.999. The van der Waals surface area contributed by atoms with Crippen LogP contribution in [0.4, 0.5) is 10.6 Å². The van der Waals surface area contributed by atoms with Crippen molar-refractivity contribution in [3.8, 4) is 0 Å². The lowest BCUT2D eigenvalue weighted by molar-refractivity contribution is -0.127. The summed E-state index contributed by atoms with van der Waals surface area (Å²) in [5.41, 5.74) is 9.94. The van der Waals surface area contributed by atoms with Crippen LogP contribution in [0.5, 0.6) is 0 Å². The highest BCUT2D eigenvalue weighted by molar-refractivity contribution is 5.98. The van der Waals surface area contributed by atoms with Crippen LogP contribution in [0.3, 0.4) is 0 Å². The zero-order chi connectivity index (χ0) is 13.7. The van der Waals surface area contributed by atoms with Crippen LogP contribution in [0.2, 0.25) is 0 Å². The van der Waals surface area contributed by atoms with Crippen molar-refractivity contribution in [2.75, 3.05) is 5.73 Å². The third-order valence-corrected chi connectivity index (χ3v) is 1.82. The fraction of sp³-hybridized carbons (Fsp3) is 0.222. The van der Waals surface area contributed by atoms with Gasteiger partial charge in [0.05, 0.1) is 0 Å². The van der Waals surface area contributed by atoms with Crippen molar-refractivity contribution in [3.63, 3.8) is 0 Å². The zero-order valence-electron chi connectivity index (χ0n) is 9.41. The SMILES string of the molecule is C[C@@H](OC(=O)c1nccnc1N)C(=O)NC(N)=O. The first-order valence-corrected chi connectivity index (χ1v) is 4.79. The second-order valence-corrected chi connectivity index (χ2v) is 3.19. The van der Waals surface area contributed by atoms with E-state index in [0.717, 1.165) is 0 Å². The number of carbonyl (C=O) groups is 3. The molecule has 0 bridgehead atoms. The van der Waals surface area contributed by atoms with E-state index in [9.17, 15) is 14.4 Å². The highest BCUT2D eigenvalue weighted by Gasteiger charge is 2.22. The van der Waals surface area contributed by atoms with Crippen LogP contribution in [-0.2, 0) is 9.53 Å². The molecule has 3 amide bonds. The molecule has 1 aromatic heterocycles. The number of hydrogen-bond acceptors (Lipinski definition) is 7. The molecule has 1 rings (SSSR count). The molecule has 0 unspecified atom stereocenters. The number of nitrogens with one attached hydrogen (secondary N) is 1. The number of imide groups is 1. The molecule has 96 valence electrons. The van der Waals surface area contributed by atoms with E-state index in [4.69, 9.17) is 16.2 Å². The topological polar surface area (TPSA) is 150 Å². The summed E-state index contributed by atoms with van der Waals surface area (Å²) in [5.74, 6) is -1.89. The van der Waals surface area contributed by atoms with E-state index >= 15 is 0 Å². The number of nitrogen functional groups attached to an aromatic ring is 1.